The lowest BCUT2D eigenvalue weighted by Crippen LogP contribution is -2.19. The second-order valence-corrected chi connectivity index (χ2v) is 9.91. The lowest BCUT2D eigenvalue weighted by atomic mass is 10.1. The molecule has 0 aliphatic carbocycles. The van der Waals surface area contributed by atoms with Gasteiger partial charge in [-0.15, -0.1) is 0 Å². The molecule has 30 heavy (non-hydrogen) atoms. The number of amides is 1. The minimum absolute atomic E-state index is 0.191. The number of furan rings is 1. The maximum Gasteiger partial charge on any atom is 0.264 e. The molecule has 0 bridgehead atoms. The fourth-order valence-electron chi connectivity index (χ4n) is 2.70. The zero-order chi connectivity index (χ0) is 21.3. The lowest BCUT2D eigenvalue weighted by molar-refractivity contribution is -0.115. The molecule has 3 aromatic rings. The van der Waals surface area contributed by atoms with Crippen molar-refractivity contribution < 1.29 is 9.21 Å². The third-order valence-corrected chi connectivity index (χ3v) is 7.43. The summed E-state index contributed by atoms with van der Waals surface area (Å²) in [4.78, 5) is 18.5. The third kappa shape index (κ3) is 4.86. The van der Waals surface area contributed by atoms with Gasteiger partial charge in [0.05, 0.1) is 15.1 Å². The number of hydrogen-bond donors (Lipinski definition) is 1. The number of rotatable bonds is 4. The Hall–Kier alpha value is -1.93. The molecular formula is C22H16BrClN2O2S2. The predicted octanol–water partition coefficient (Wildman–Crippen LogP) is 7.36. The van der Waals surface area contributed by atoms with Crippen molar-refractivity contribution in [1.29, 1.82) is 0 Å². The zero-order valence-corrected chi connectivity index (χ0v) is 20.0. The Kier molecular flexibility index (Phi) is 6.43. The SMILES string of the molecule is Cc1cccc(N=C2NC(=O)/C(=C/c3cc(Br)c(Sc4ccc(Cl)cc4)o3)S2)c1C. The number of nitrogens with zero attached hydrogens (tertiary/aromatic N) is 1. The molecule has 0 saturated carbocycles. The van der Waals surface area contributed by atoms with Gasteiger partial charge in [0.1, 0.15) is 5.76 Å². The van der Waals surface area contributed by atoms with E-state index in [0.717, 1.165) is 26.2 Å². The van der Waals surface area contributed by atoms with E-state index in [2.05, 4.69) is 26.2 Å². The van der Waals surface area contributed by atoms with Crippen LogP contribution >= 0.6 is 51.1 Å². The van der Waals surface area contributed by atoms with Crippen molar-refractivity contribution in [2.75, 3.05) is 0 Å². The van der Waals surface area contributed by atoms with Gasteiger partial charge in [-0.1, -0.05) is 35.5 Å². The highest BCUT2D eigenvalue weighted by molar-refractivity contribution is 9.10. The molecule has 1 aliphatic heterocycles. The number of hydrogen-bond acceptors (Lipinski definition) is 5. The molecule has 2 aromatic carbocycles. The molecule has 1 N–H and O–H groups in total. The van der Waals surface area contributed by atoms with Crippen LogP contribution in [0.1, 0.15) is 16.9 Å². The van der Waals surface area contributed by atoms with Crippen LogP contribution in [0.15, 0.2) is 77.3 Å². The van der Waals surface area contributed by atoms with Crippen molar-refractivity contribution in [3.05, 3.63) is 79.8 Å². The van der Waals surface area contributed by atoms with Crippen LogP contribution in [0, 0.1) is 13.8 Å². The Balaban J connectivity index is 1.54. The number of aliphatic imine (C=N–C) groups is 1. The van der Waals surface area contributed by atoms with E-state index >= 15 is 0 Å². The van der Waals surface area contributed by atoms with Crippen LogP contribution in [0.3, 0.4) is 0 Å². The van der Waals surface area contributed by atoms with E-state index < -0.39 is 0 Å². The average molecular weight is 520 g/mol. The van der Waals surface area contributed by atoms with Crippen LogP contribution < -0.4 is 5.32 Å². The second-order valence-electron chi connectivity index (χ2n) is 6.54. The number of thioether (sulfide) groups is 1. The minimum atomic E-state index is -0.191. The minimum Gasteiger partial charge on any atom is -0.449 e. The Labute approximate surface area is 196 Å². The highest BCUT2D eigenvalue weighted by Gasteiger charge is 2.25. The van der Waals surface area contributed by atoms with Gasteiger partial charge in [0.15, 0.2) is 10.3 Å². The van der Waals surface area contributed by atoms with Gasteiger partial charge >= 0.3 is 0 Å². The number of amidine groups is 1. The van der Waals surface area contributed by atoms with Crippen LogP contribution in [0.5, 0.6) is 0 Å². The number of benzene rings is 2. The van der Waals surface area contributed by atoms with Crippen LogP contribution in [-0.4, -0.2) is 11.1 Å². The Morgan fingerprint density at radius 3 is 2.73 bits per heavy atom. The van der Waals surface area contributed by atoms with Crippen molar-refractivity contribution in [2.24, 2.45) is 4.99 Å². The predicted molar refractivity (Wildman–Crippen MR) is 129 cm³/mol. The number of carbonyl (C=O) groups excluding carboxylic acids is 1. The van der Waals surface area contributed by atoms with Crippen molar-refractivity contribution in [2.45, 2.75) is 23.8 Å². The second kappa shape index (κ2) is 9.06. The molecule has 8 heteroatoms. The summed E-state index contributed by atoms with van der Waals surface area (Å²) >= 11 is 12.2. The normalized spacial score (nSPS) is 16.5. The molecule has 1 aliphatic rings. The summed E-state index contributed by atoms with van der Waals surface area (Å²) in [6.45, 7) is 4.06. The first kappa shape index (κ1) is 21.3. The van der Waals surface area contributed by atoms with E-state index in [1.54, 1.807) is 6.08 Å². The maximum atomic E-state index is 12.4. The van der Waals surface area contributed by atoms with Gasteiger partial charge in [-0.3, -0.25) is 4.79 Å². The molecule has 2 heterocycles. The molecule has 0 unspecified atom stereocenters. The van der Waals surface area contributed by atoms with Crippen molar-refractivity contribution >= 4 is 73.9 Å². The topological polar surface area (TPSA) is 54.6 Å². The van der Waals surface area contributed by atoms with Gasteiger partial charge < -0.3 is 9.73 Å². The molecule has 0 spiro atoms. The fraction of sp³-hybridized carbons (Fsp3) is 0.0909. The van der Waals surface area contributed by atoms with Gasteiger partial charge in [-0.2, -0.15) is 0 Å². The molecule has 0 atom stereocenters. The maximum absolute atomic E-state index is 12.4. The summed E-state index contributed by atoms with van der Waals surface area (Å²) in [5.74, 6) is 0.396. The van der Waals surface area contributed by atoms with Crippen molar-refractivity contribution in [1.82, 2.24) is 5.32 Å². The summed E-state index contributed by atoms with van der Waals surface area (Å²) in [7, 11) is 0. The molecule has 0 radical (unpaired) electrons. The smallest absolute Gasteiger partial charge is 0.264 e. The largest absolute Gasteiger partial charge is 0.449 e. The first-order valence-electron chi connectivity index (χ1n) is 8.97. The van der Waals surface area contributed by atoms with Crippen LogP contribution in [-0.2, 0) is 4.79 Å². The fourth-order valence-corrected chi connectivity index (χ4v) is 4.97. The zero-order valence-electron chi connectivity index (χ0n) is 16.0. The molecule has 152 valence electrons. The quantitative estimate of drug-likeness (QED) is 0.366. The number of halogens is 2. The summed E-state index contributed by atoms with van der Waals surface area (Å²) < 4.78 is 6.74. The van der Waals surface area contributed by atoms with Gasteiger partial charge in [0.2, 0.25) is 0 Å². The Morgan fingerprint density at radius 2 is 1.97 bits per heavy atom. The van der Waals surface area contributed by atoms with E-state index in [0.29, 0.717) is 25.9 Å². The summed E-state index contributed by atoms with van der Waals surface area (Å²) in [5, 5.41) is 4.77. The van der Waals surface area contributed by atoms with E-state index in [1.807, 2.05) is 62.4 Å². The van der Waals surface area contributed by atoms with Gasteiger partial charge in [0, 0.05) is 16.0 Å². The van der Waals surface area contributed by atoms with Gasteiger partial charge in [-0.05, 0) is 89.1 Å². The van der Waals surface area contributed by atoms with Crippen LogP contribution in [0.4, 0.5) is 5.69 Å². The molecule has 1 fully saturated rings. The van der Waals surface area contributed by atoms with Crippen molar-refractivity contribution in [3.8, 4) is 0 Å². The number of carbonyl (C=O) groups is 1. The van der Waals surface area contributed by atoms with Gasteiger partial charge in [-0.25, -0.2) is 4.99 Å². The van der Waals surface area contributed by atoms with Crippen molar-refractivity contribution in [3.63, 3.8) is 0 Å². The molecular weight excluding hydrogens is 504 g/mol. The number of nitrogens with one attached hydrogen (secondary N) is 1. The Morgan fingerprint density at radius 1 is 1.20 bits per heavy atom. The van der Waals surface area contributed by atoms with E-state index in [1.165, 1.54) is 23.5 Å². The van der Waals surface area contributed by atoms with Crippen LogP contribution in [0.25, 0.3) is 6.08 Å². The summed E-state index contributed by atoms with van der Waals surface area (Å²) in [6.07, 6.45) is 1.72. The lowest BCUT2D eigenvalue weighted by Gasteiger charge is -2.04. The van der Waals surface area contributed by atoms with E-state index in [-0.39, 0.29) is 5.91 Å². The highest BCUT2D eigenvalue weighted by atomic mass is 79.9. The molecule has 4 nitrogen and oxygen atoms in total. The van der Waals surface area contributed by atoms with E-state index in [4.69, 9.17) is 16.0 Å². The molecule has 4 rings (SSSR count). The first-order valence-corrected chi connectivity index (χ1v) is 11.8. The summed E-state index contributed by atoms with van der Waals surface area (Å²) in [6, 6.07) is 15.3. The van der Waals surface area contributed by atoms with Gasteiger partial charge in [0.25, 0.3) is 5.91 Å². The third-order valence-electron chi connectivity index (χ3n) is 4.42. The van der Waals surface area contributed by atoms with E-state index in [9.17, 15) is 4.79 Å². The van der Waals surface area contributed by atoms with Crippen LogP contribution in [0.2, 0.25) is 5.02 Å². The Bertz CT molecular complexity index is 1190. The highest BCUT2D eigenvalue weighted by Crippen LogP contribution is 2.38. The summed E-state index contributed by atoms with van der Waals surface area (Å²) in [5.41, 5.74) is 3.10. The number of aryl methyl sites for hydroxylation is 1. The standard InChI is InChI=1S/C22H16BrClN2O2S2/c1-12-4-3-5-18(13(12)2)25-22-26-20(27)19(30-22)11-15-10-17(23)21(28-15)29-16-8-6-14(24)7-9-16/h3-11H,1-2H3,(H,25,26,27)/b19-11-. The molecule has 1 amide bonds. The molecule has 1 saturated heterocycles. The molecule has 1 aromatic heterocycles. The first-order chi connectivity index (χ1) is 14.4. The average Bonchev–Trinajstić information content (AvgIpc) is 3.23. The monoisotopic (exact) mass is 518 g/mol.